The second-order valence-electron chi connectivity index (χ2n) is 5.97. The molecule has 0 aromatic rings. The highest BCUT2D eigenvalue weighted by atomic mass is 16.4. The molecule has 0 saturated heterocycles. The average molecular weight is 239 g/mol. The Balaban J connectivity index is 2.31. The molecule has 17 heavy (non-hydrogen) atoms. The Labute approximate surface area is 104 Å². The van der Waals surface area contributed by atoms with Gasteiger partial charge in [0, 0.05) is 0 Å². The van der Waals surface area contributed by atoms with E-state index in [1.54, 1.807) is 0 Å². The smallest absolute Gasteiger partial charge is 0.303 e. The van der Waals surface area contributed by atoms with Gasteiger partial charge in [0.2, 0.25) is 0 Å². The van der Waals surface area contributed by atoms with Gasteiger partial charge in [-0.2, -0.15) is 0 Å². The molecule has 0 aromatic heterocycles. The number of hydrogen-bond donors (Lipinski definition) is 2. The molecular weight excluding hydrogens is 214 g/mol. The molecule has 3 nitrogen and oxygen atoms in total. The van der Waals surface area contributed by atoms with Crippen molar-refractivity contribution in [3.63, 3.8) is 0 Å². The number of fused-ring (bicyclic) bond motifs is 2. The number of rotatable bonds is 3. The van der Waals surface area contributed by atoms with E-state index in [0.29, 0.717) is 24.8 Å². The lowest BCUT2D eigenvalue weighted by atomic mass is 9.63. The third-order valence-electron chi connectivity index (χ3n) is 5.20. The van der Waals surface area contributed by atoms with E-state index in [-0.39, 0.29) is 5.41 Å². The van der Waals surface area contributed by atoms with Crippen LogP contribution in [0.5, 0.6) is 0 Å². The molecule has 0 unspecified atom stereocenters. The topological polar surface area (TPSA) is 63.3 Å². The molecule has 0 radical (unpaired) electrons. The second-order valence-corrected chi connectivity index (χ2v) is 5.97. The molecule has 0 aromatic carbocycles. The van der Waals surface area contributed by atoms with Gasteiger partial charge in [0.05, 0.1) is 6.42 Å². The van der Waals surface area contributed by atoms with Crippen LogP contribution in [0, 0.1) is 17.3 Å². The number of aliphatic carboxylic acids is 1. The molecule has 2 aliphatic carbocycles. The zero-order valence-electron chi connectivity index (χ0n) is 10.7. The lowest BCUT2D eigenvalue weighted by molar-refractivity contribution is -0.142. The largest absolute Gasteiger partial charge is 0.481 e. The van der Waals surface area contributed by atoms with Gasteiger partial charge in [-0.05, 0) is 49.5 Å². The van der Waals surface area contributed by atoms with E-state index < -0.39 is 5.97 Å². The molecule has 3 heteroatoms. The maximum atomic E-state index is 11.2. The van der Waals surface area contributed by atoms with Gasteiger partial charge in [-0.1, -0.05) is 25.7 Å². The standard InChI is InChI=1S/C14H25NO2/c15-10-14(9-13(16)17)11-5-1-2-6-12(14)8-4-3-7-11/h11-12H,1-10,15H2,(H,16,17). The van der Waals surface area contributed by atoms with Gasteiger partial charge in [-0.25, -0.2) is 0 Å². The van der Waals surface area contributed by atoms with E-state index in [0.717, 1.165) is 0 Å². The highest BCUT2D eigenvalue weighted by Gasteiger charge is 2.47. The van der Waals surface area contributed by atoms with E-state index in [1.165, 1.54) is 51.4 Å². The summed E-state index contributed by atoms with van der Waals surface area (Å²) in [6.07, 6.45) is 10.1. The molecular formula is C14H25NO2. The minimum atomic E-state index is -0.658. The Kier molecular flexibility index (Phi) is 4.08. The summed E-state index contributed by atoms with van der Waals surface area (Å²) in [4.78, 5) is 11.2. The molecule has 0 atom stereocenters. The first-order valence-electron chi connectivity index (χ1n) is 7.11. The average Bonchev–Trinajstić information content (AvgIpc) is 2.57. The molecule has 0 heterocycles. The molecule has 3 N–H and O–H groups in total. The molecule has 0 aliphatic heterocycles. The Morgan fingerprint density at radius 3 is 1.76 bits per heavy atom. The predicted octanol–water partition coefficient (Wildman–Crippen LogP) is 2.79. The monoisotopic (exact) mass is 239 g/mol. The van der Waals surface area contributed by atoms with Crippen molar-refractivity contribution >= 4 is 5.97 Å². The first-order chi connectivity index (χ1) is 8.19. The lowest BCUT2D eigenvalue weighted by Gasteiger charge is -2.42. The summed E-state index contributed by atoms with van der Waals surface area (Å²) in [6, 6.07) is 0. The third kappa shape index (κ3) is 2.49. The fraction of sp³-hybridized carbons (Fsp3) is 0.929. The summed E-state index contributed by atoms with van der Waals surface area (Å²) in [5.41, 5.74) is 5.95. The van der Waals surface area contributed by atoms with Crippen LogP contribution in [-0.2, 0) is 4.79 Å². The summed E-state index contributed by atoms with van der Waals surface area (Å²) < 4.78 is 0. The molecule has 2 bridgehead atoms. The number of carboxylic acids is 1. The summed E-state index contributed by atoms with van der Waals surface area (Å²) in [5.74, 6) is 0.450. The highest BCUT2D eigenvalue weighted by molar-refractivity contribution is 5.68. The Morgan fingerprint density at radius 2 is 1.47 bits per heavy atom. The van der Waals surface area contributed by atoms with Crippen molar-refractivity contribution < 1.29 is 9.90 Å². The van der Waals surface area contributed by atoms with Crippen LogP contribution in [0.3, 0.4) is 0 Å². The van der Waals surface area contributed by atoms with Gasteiger partial charge in [-0.3, -0.25) is 4.79 Å². The van der Waals surface area contributed by atoms with Gasteiger partial charge in [0.15, 0.2) is 0 Å². The maximum Gasteiger partial charge on any atom is 0.303 e. The lowest BCUT2D eigenvalue weighted by Crippen LogP contribution is -2.44. The highest BCUT2D eigenvalue weighted by Crippen LogP contribution is 2.51. The summed E-state index contributed by atoms with van der Waals surface area (Å²) >= 11 is 0. The zero-order chi connectivity index (χ0) is 12.3. The summed E-state index contributed by atoms with van der Waals surface area (Å²) in [7, 11) is 0. The number of nitrogens with two attached hydrogens (primary N) is 1. The number of carbonyl (C=O) groups is 1. The number of hydrogen-bond acceptors (Lipinski definition) is 2. The zero-order valence-corrected chi connectivity index (χ0v) is 10.7. The van der Waals surface area contributed by atoms with Crippen LogP contribution in [0.1, 0.15) is 57.8 Å². The molecule has 98 valence electrons. The fourth-order valence-corrected chi connectivity index (χ4v) is 4.31. The summed E-state index contributed by atoms with van der Waals surface area (Å²) in [6.45, 7) is 0.564. The summed E-state index contributed by atoms with van der Waals surface area (Å²) in [5, 5.41) is 9.25. The normalized spacial score (nSPS) is 38.2. The Morgan fingerprint density at radius 1 is 1.06 bits per heavy atom. The molecule has 2 saturated carbocycles. The van der Waals surface area contributed by atoms with Crippen LogP contribution in [0.15, 0.2) is 0 Å². The Hall–Kier alpha value is -0.570. The van der Waals surface area contributed by atoms with Gasteiger partial charge in [0.25, 0.3) is 0 Å². The predicted molar refractivity (Wildman–Crippen MR) is 67.7 cm³/mol. The second kappa shape index (κ2) is 5.38. The van der Waals surface area contributed by atoms with Crippen molar-refractivity contribution in [3.05, 3.63) is 0 Å². The van der Waals surface area contributed by atoms with Crippen molar-refractivity contribution in [2.24, 2.45) is 23.0 Å². The SMILES string of the molecule is NCC1(CC(=O)O)C2CCCCC1CCCC2. The van der Waals surface area contributed by atoms with E-state index >= 15 is 0 Å². The fourth-order valence-electron chi connectivity index (χ4n) is 4.31. The van der Waals surface area contributed by atoms with Crippen molar-refractivity contribution in [1.82, 2.24) is 0 Å². The van der Waals surface area contributed by atoms with E-state index in [4.69, 9.17) is 5.73 Å². The third-order valence-corrected chi connectivity index (χ3v) is 5.20. The van der Waals surface area contributed by atoms with Crippen LogP contribution in [0.4, 0.5) is 0 Å². The molecule has 2 rings (SSSR count). The first-order valence-corrected chi connectivity index (χ1v) is 7.11. The minimum Gasteiger partial charge on any atom is -0.481 e. The van der Waals surface area contributed by atoms with Crippen LogP contribution < -0.4 is 5.73 Å². The van der Waals surface area contributed by atoms with Crippen LogP contribution in [-0.4, -0.2) is 17.6 Å². The van der Waals surface area contributed by atoms with Crippen LogP contribution in [0.2, 0.25) is 0 Å². The maximum absolute atomic E-state index is 11.2. The van der Waals surface area contributed by atoms with E-state index in [1.807, 2.05) is 0 Å². The molecule has 2 fully saturated rings. The quantitative estimate of drug-likeness (QED) is 0.796. The Bertz CT molecular complexity index is 249. The van der Waals surface area contributed by atoms with Gasteiger partial charge in [-0.15, -0.1) is 0 Å². The van der Waals surface area contributed by atoms with Crippen molar-refractivity contribution in [3.8, 4) is 0 Å². The molecule has 0 amide bonds. The number of carboxylic acid groups (broad SMARTS) is 1. The van der Waals surface area contributed by atoms with Crippen LogP contribution >= 0.6 is 0 Å². The first kappa shape index (κ1) is 12.9. The van der Waals surface area contributed by atoms with Gasteiger partial charge < -0.3 is 10.8 Å². The van der Waals surface area contributed by atoms with E-state index in [2.05, 4.69) is 0 Å². The molecule has 0 spiro atoms. The van der Waals surface area contributed by atoms with Crippen LogP contribution in [0.25, 0.3) is 0 Å². The molecule has 2 aliphatic rings. The van der Waals surface area contributed by atoms with Gasteiger partial charge >= 0.3 is 5.97 Å². The van der Waals surface area contributed by atoms with Crippen molar-refractivity contribution in [2.45, 2.75) is 57.8 Å². The van der Waals surface area contributed by atoms with E-state index in [9.17, 15) is 9.90 Å². The van der Waals surface area contributed by atoms with Crippen molar-refractivity contribution in [1.29, 1.82) is 0 Å². The van der Waals surface area contributed by atoms with Gasteiger partial charge in [0.1, 0.15) is 0 Å². The van der Waals surface area contributed by atoms with Crippen molar-refractivity contribution in [2.75, 3.05) is 6.54 Å². The minimum absolute atomic E-state index is 0.0984.